The van der Waals surface area contributed by atoms with Gasteiger partial charge in [0.2, 0.25) is 0 Å². The number of aliphatic hydroxyl groups is 1. The lowest BCUT2D eigenvalue weighted by atomic mass is 9.94. The van der Waals surface area contributed by atoms with Crippen LogP contribution in [0.5, 0.6) is 17.2 Å². The molecule has 1 aliphatic heterocycles. The molecule has 1 unspecified atom stereocenters. The Morgan fingerprint density at radius 3 is 2.31 bits per heavy atom. The van der Waals surface area contributed by atoms with Gasteiger partial charge in [-0.05, 0) is 85.8 Å². The van der Waals surface area contributed by atoms with Crippen molar-refractivity contribution in [3.05, 3.63) is 88.5 Å². The Hall–Kier alpha value is -4.26. The maximum atomic E-state index is 13.6. The fraction of sp³-hybridized carbons (Fsp3) is 0.312. The quantitative estimate of drug-likeness (QED) is 0.197. The molecule has 0 spiro atoms. The van der Waals surface area contributed by atoms with Gasteiger partial charge in [0.1, 0.15) is 11.5 Å². The molecule has 7 nitrogen and oxygen atoms in total. The number of anilines is 1. The number of ketones is 1. The van der Waals surface area contributed by atoms with E-state index in [0.29, 0.717) is 53.2 Å². The fourth-order valence-corrected chi connectivity index (χ4v) is 4.63. The minimum Gasteiger partial charge on any atom is -0.507 e. The number of amides is 1. The number of aliphatic hydroxyl groups excluding tert-OH is 1. The summed E-state index contributed by atoms with van der Waals surface area (Å²) in [5.41, 5.74) is 3.40. The van der Waals surface area contributed by atoms with Gasteiger partial charge in [-0.3, -0.25) is 14.5 Å². The number of benzene rings is 3. The molecule has 0 radical (unpaired) electrons. The summed E-state index contributed by atoms with van der Waals surface area (Å²) >= 11 is 0. The van der Waals surface area contributed by atoms with Gasteiger partial charge in [0.05, 0.1) is 31.9 Å². The van der Waals surface area contributed by atoms with Gasteiger partial charge in [-0.2, -0.15) is 0 Å². The zero-order valence-corrected chi connectivity index (χ0v) is 23.3. The summed E-state index contributed by atoms with van der Waals surface area (Å²) < 4.78 is 17.0. The minimum absolute atomic E-state index is 0.00405. The summed E-state index contributed by atoms with van der Waals surface area (Å²) in [6, 6.07) is 17.0. The second-order valence-corrected chi connectivity index (χ2v) is 10.0. The lowest BCUT2D eigenvalue weighted by molar-refractivity contribution is -0.132. The van der Waals surface area contributed by atoms with Gasteiger partial charge in [0.15, 0.2) is 11.5 Å². The van der Waals surface area contributed by atoms with Gasteiger partial charge >= 0.3 is 0 Å². The molecule has 7 heteroatoms. The van der Waals surface area contributed by atoms with Gasteiger partial charge in [-0.1, -0.05) is 32.0 Å². The summed E-state index contributed by atoms with van der Waals surface area (Å²) in [6.07, 6.45) is 0. The van der Waals surface area contributed by atoms with E-state index in [2.05, 4.69) is 13.8 Å². The van der Waals surface area contributed by atoms with Crippen LogP contribution in [-0.4, -0.2) is 37.1 Å². The van der Waals surface area contributed by atoms with E-state index in [4.69, 9.17) is 14.2 Å². The number of carbonyl (C=O) groups is 2. The molecule has 1 amide bonds. The number of methoxy groups -OCH3 is 1. The van der Waals surface area contributed by atoms with Crippen molar-refractivity contribution in [2.24, 2.45) is 5.92 Å². The highest BCUT2D eigenvalue weighted by molar-refractivity contribution is 6.51. The van der Waals surface area contributed by atoms with Crippen molar-refractivity contribution >= 4 is 23.1 Å². The smallest absolute Gasteiger partial charge is 0.300 e. The molecule has 1 saturated heterocycles. The van der Waals surface area contributed by atoms with Crippen LogP contribution in [0, 0.1) is 19.8 Å². The van der Waals surface area contributed by atoms with E-state index >= 15 is 0 Å². The van der Waals surface area contributed by atoms with Gasteiger partial charge in [0, 0.05) is 11.3 Å². The number of ether oxygens (including phenoxy) is 3. The van der Waals surface area contributed by atoms with Gasteiger partial charge in [-0.15, -0.1) is 0 Å². The van der Waals surface area contributed by atoms with E-state index < -0.39 is 17.7 Å². The molecular formula is C32H35NO6. The predicted molar refractivity (Wildman–Crippen MR) is 152 cm³/mol. The van der Waals surface area contributed by atoms with Gasteiger partial charge in [-0.25, -0.2) is 0 Å². The highest BCUT2D eigenvalue weighted by Crippen LogP contribution is 2.45. The fourth-order valence-electron chi connectivity index (χ4n) is 4.63. The Morgan fingerprint density at radius 2 is 1.67 bits per heavy atom. The van der Waals surface area contributed by atoms with E-state index in [0.717, 1.165) is 11.1 Å². The standard InChI is InChI=1S/C32H35NO6/c1-7-38-27-17-23(12-15-26(27)37-6)29-28(30(34)22-10-13-24(14-11-22)39-18-19(2)3)31(35)32(36)33(29)25-16-20(4)8-9-21(25)5/h8-17,19,29,34H,7,18H2,1-6H3/b30-28-. The molecule has 1 fully saturated rings. The molecule has 1 atom stereocenters. The minimum atomic E-state index is -0.882. The largest absolute Gasteiger partial charge is 0.507 e. The zero-order valence-electron chi connectivity index (χ0n) is 23.3. The van der Waals surface area contributed by atoms with Crippen LogP contribution in [-0.2, 0) is 9.59 Å². The molecular weight excluding hydrogens is 494 g/mol. The molecule has 0 bridgehead atoms. The monoisotopic (exact) mass is 529 g/mol. The Morgan fingerprint density at radius 1 is 0.949 bits per heavy atom. The second kappa shape index (κ2) is 11.6. The first kappa shape index (κ1) is 27.8. The summed E-state index contributed by atoms with van der Waals surface area (Å²) in [5, 5.41) is 11.5. The van der Waals surface area contributed by atoms with Crippen LogP contribution < -0.4 is 19.1 Å². The lowest BCUT2D eigenvalue weighted by Gasteiger charge is -2.27. The second-order valence-electron chi connectivity index (χ2n) is 10.0. The third-order valence-corrected chi connectivity index (χ3v) is 6.58. The first-order valence-electron chi connectivity index (χ1n) is 13.1. The van der Waals surface area contributed by atoms with E-state index in [1.165, 1.54) is 4.90 Å². The van der Waals surface area contributed by atoms with Crippen LogP contribution in [0.15, 0.2) is 66.2 Å². The molecule has 0 aliphatic carbocycles. The number of aryl methyl sites for hydroxylation is 2. The number of carbonyl (C=O) groups excluding carboxylic acids is 2. The number of nitrogens with zero attached hydrogens (tertiary/aromatic N) is 1. The molecule has 0 saturated carbocycles. The molecule has 204 valence electrons. The van der Waals surface area contributed by atoms with Gasteiger partial charge < -0.3 is 19.3 Å². The lowest BCUT2D eigenvalue weighted by Crippen LogP contribution is -2.30. The molecule has 1 N–H and O–H groups in total. The van der Waals surface area contributed by atoms with Crippen LogP contribution in [0.1, 0.15) is 49.1 Å². The van der Waals surface area contributed by atoms with Crippen LogP contribution in [0.2, 0.25) is 0 Å². The highest BCUT2D eigenvalue weighted by atomic mass is 16.5. The van der Waals surface area contributed by atoms with E-state index in [9.17, 15) is 14.7 Å². The van der Waals surface area contributed by atoms with Crippen LogP contribution in [0.25, 0.3) is 5.76 Å². The predicted octanol–water partition coefficient (Wildman–Crippen LogP) is 6.37. The molecule has 39 heavy (non-hydrogen) atoms. The van der Waals surface area contributed by atoms with E-state index in [1.54, 1.807) is 49.6 Å². The molecule has 1 heterocycles. The maximum absolute atomic E-state index is 13.6. The van der Waals surface area contributed by atoms with E-state index in [-0.39, 0.29) is 11.3 Å². The Bertz CT molecular complexity index is 1410. The summed E-state index contributed by atoms with van der Waals surface area (Å²) in [6.45, 7) is 10.8. The van der Waals surface area contributed by atoms with Crippen molar-refractivity contribution in [3.8, 4) is 17.2 Å². The summed E-state index contributed by atoms with van der Waals surface area (Å²) in [4.78, 5) is 28.6. The van der Waals surface area contributed by atoms with Gasteiger partial charge in [0.25, 0.3) is 11.7 Å². The number of rotatable bonds is 9. The maximum Gasteiger partial charge on any atom is 0.300 e. The molecule has 4 rings (SSSR count). The van der Waals surface area contributed by atoms with Crippen molar-refractivity contribution in [1.29, 1.82) is 0 Å². The number of hydrogen-bond acceptors (Lipinski definition) is 6. The molecule has 3 aromatic carbocycles. The first-order chi connectivity index (χ1) is 18.7. The third-order valence-electron chi connectivity index (χ3n) is 6.58. The van der Waals surface area contributed by atoms with Crippen molar-refractivity contribution in [1.82, 2.24) is 0 Å². The first-order valence-corrected chi connectivity index (χ1v) is 13.1. The van der Waals surface area contributed by atoms with E-state index in [1.807, 2.05) is 39.0 Å². The third kappa shape index (κ3) is 5.62. The van der Waals surface area contributed by atoms with Crippen molar-refractivity contribution < 1.29 is 28.9 Å². The van der Waals surface area contributed by atoms with Crippen LogP contribution >= 0.6 is 0 Å². The van der Waals surface area contributed by atoms with Crippen molar-refractivity contribution in [2.45, 2.75) is 40.7 Å². The summed E-state index contributed by atoms with van der Waals surface area (Å²) in [5.74, 6) is 0.315. The Balaban J connectivity index is 1.90. The van der Waals surface area contributed by atoms with Crippen molar-refractivity contribution in [2.75, 3.05) is 25.2 Å². The topological polar surface area (TPSA) is 85.3 Å². The highest BCUT2D eigenvalue weighted by Gasteiger charge is 2.47. The average molecular weight is 530 g/mol. The van der Waals surface area contributed by atoms with Crippen molar-refractivity contribution in [3.63, 3.8) is 0 Å². The van der Waals surface area contributed by atoms with Crippen LogP contribution in [0.3, 0.4) is 0 Å². The summed E-state index contributed by atoms with van der Waals surface area (Å²) in [7, 11) is 1.55. The zero-order chi connectivity index (χ0) is 28.3. The Kier molecular flexibility index (Phi) is 8.29. The normalized spacial score (nSPS) is 16.6. The SMILES string of the molecule is CCOc1cc(C2/C(=C(/O)c3ccc(OCC(C)C)cc3)C(=O)C(=O)N2c2cc(C)ccc2C)ccc1OC. The Labute approximate surface area is 229 Å². The molecule has 3 aromatic rings. The number of Topliss-reactive ketones (excluding diaryl/α,β-unsaturated/α-hetero) is 1. The molecule has 0 aromatic heterocycles. The number of hydrogen-bond donors (Lipinski definition) is 1. The van der Waals surface area contributed by atoms with Crippen LogP contribution in [0.4, 0.5) is 5.69 Å². The average Bonchev–Trinajstić information content (AvgIpc) is 3.18. The molecule has 1 aliphatic rings.